The Labute approximate surface area is 159 Å². The van der Waals surface area contributed by atoms with Gasteiger partial charge in [0, 0.05) is 13.0 Å². The number of ether oxygens (including phenoxy) is 1. The third-order valence-corrected chi connectivity index (χ3v) is 4.28. The van der Waals surface area contributed by atoms with Crippen molar-refractivity contribution in [1.29, 1.82) is 0 Å². The number of anilines is 1. The Morgan fingerprint density at radius 1 is 1.07 bits per heavy atom. The van der Waals surface area contributed by atoms with Crippen LogP contribution in [0.15, 0.2) is 58.1 Å². The zero-order valence-electron chi connectivity index (χ0n) is 15.2. The number of carbonyl (C=O) groups is 2. The van der Waals surface area contributed by atoms with Gasteiger partial charge in [0.2, 0.25) is 5.91 Å². The maximum atomic E-state index is 12.5. The average molecular weight is 381 g/mol. The summed E-state index contributed by atoms with van der Waals surface area (Å²) in [4.78, 5) is 51.2. The highest BCUT2D eigenvalue weighted by Crippen LogP contribution is 2.16. The highest BCUT2D eigenvalue weighted by Gasteiger charge is 2.13. The Kier molecular flexibility index (Phi) is 5.69. The van der Waals surface area contributed by atoms with Crippen molar-refractivity contribution in [3.63, 3.8) is 0 Å². The number of hydrogen-bond donors (Lipinski definition) is 2. The summed E-state index contributed by atoms with van der Waals surface area (Å²) >= 11 is 0. The second-order valence-corrected chi connectivity index (χ2v) is 6.12. The zero-order chi connectivity index (χ0) is 20.1. The van der Waals surface area contributed by atoms with E-state index in [0.717, 1.165) is 4.57 Å². The third-order valence-electron chi connectivity index (χ3n) is 4.28. The molecule has 8 heteroatoms. The topological polar surface area (TPSA) is 110 Å². The van der Waals surface area contributed by atoms with Crippen LogP contribution in [-0.2, 0) is 16.1 Å². The normalized spacial score (nSPS) is 10.6. The first-order chi connectivity index (χ1) is 13.5. The standard InChI is InChI=1S/C20H19N3O5/c1-28-19(26)14-8-3-5-10-16(14)21-17(24)11-6-12-23-18(25)13-7-2-4-9-15(13)22-20(23)27/h2-5,7-10H,6,11-12H2,1H3,(H,21,24)(H,22,27). The first-order valence-corrected chi connectivity index (χ1v) is 8.70. The second-order valence-electron chi connectivity index (χ2n) is 6.12. The predicted molar refractivity (Wildman–Crippen MR) is 104 cm³/mol. The first-order valence-electron chi connectivity index (χ1n) is 8.70. The van der Waals surface area contributed by atoms with Gasteiger partial charge in [-0.05, 0) is 30.7 Å². The molecule has 0 aliphatic heterocycles. The predicted octanol–water partition coefficient (Wildman–Crippen LogP) is 1.90. The number of esters is 1. The van der Waals surface area contributed by atoms with Gasteiger partial charge in [-0.3, -0.25) is 14.2 Å². The summed E-state index contributed by atoms with van der Waals surface area (Å²) < 4.78 is 5.77. The highest BCUT2D eigenvalue weighted by molar-refractivity contribution is 6.01. The van der Waals surface area contributed by atoms with Crippen molar-refractivity contribution in [2.75, 3.05) is 12.4 Å². The second kappa shape index (κ2) is 8.34. The molecule has 144 valence electrons. The summed E-state index contributed by atoms with van der Waals surface area (Å²) in [6, 6.07) is 13.3. The molecule has 2 N–H and O–H groups in total. The van der Waals surface area contributed by atoms with E-state index in [4.69, 9.17) is 4.74 Å². The summed E-state index contributed by atoms with van der Waals surface area (Å²) in [5.74, 6) is -0.883. The van der Waals surface area contributed by atoms with Crippen molar-refractivity contribution in [3.8, 4) is 0 Å². The van der Waals surface area contributed by atoms with Crippen LogP contribution in [0.25, 0.3) is 10.9 Å². The van der Waals surface area contributed by atoms with Crippen molar-refractivity contribution in [2.45, 2.75) is 19.4 Å². The molecule has 28 heavy (non-hydrogen) atoms. The molecular weight excluding hydrogens is 362 g/mol. The smallest absolute Gasteiger partial charge is 0.339 e. The van der Waals surface area contributed by atoms with Crippen LogP contribution in [-0.4, -0.2) is 28.5 Å². The SMILES string of the molecule is COC(=O)c1ccccc1NC(=O)CCCn1c(=O)[nH]c2ccccc2c1=O. The molecule has 0 bridgehead atoms. The fraction of sp³-hybridized carbons (Fsp3) is 0.200. The van der Waals surface area contributed by atoms with E-state index < -0.39 is 17.2 Å². The van der Waals surface area contributed by atoms with Gasteiger partial charge in [0.05, 0.1) is 29.3 Å². The molecule has 0 spiro atoms. The third kappa shape index (κ3) is 4.01. The van der Waals surface area contributed by atoms with E-state index in [1.807, 2.05) is 0 Å². The molecule has 1 aromatic heterocycles. The van der Waals surface area contributed by atoms with Gasteiger partial charge in [-0.25, -0.2) is 9.59 Å². The molecule has 0 radical (unpaired) electrons. The lowest BCUT2D eigenvalue weighted by atomic mass is 10.1. The van der Waals surface area contributed by atoms with E-state index in [1.54, 1.807) is 48.5 Å². The lowest BCUT2D eigenvalue weighted by molar-refractivity contribution is -0.116. The molecule has 0 fully saturated rings. The van der Waals surface area contributed by atoms with Crippen LogP contribution in [0.4, 0.5) is 5.69 Å². The number of nitrogens with one attached hydrogen (secondary N) is 2. The summed E-state index contributed by atoms with van der Waals surface area (Å²) in [7, 11) is 1.26. The molecule has 0 saturated carbocycles. The number of aromatic nitrogens is 2. The fourth-order valence-corrected chi connectivity index (χ4v) is 2.89. The van der Waals surface area contributed by atoms with Crippen LogP contribution in [0.3, 0.4) is 0 Å². The first kappa shape index (κ1) is 19.1. The molecule has 3 rings (SSSR count). The van der Waals surface area contributed by atoms with Crippen LogP contribution in [0.2, 0.25) is 0 Å². The van der Waals surface area contributed by atoms with Gasteiger partial charge in [-0.2, -0.15) is 0 Å². The van der Waals surface area contributed by atoms with Crippen molar-refractivity contribution in [2.24, 2.45) is 0 Å². The molecule has 0 aliphatic carbocycles. The number of para-hydroxylation sites is 2. The van der Waals surface area contributed by atoms with E-state index in [0.29, 0.717) is 16.6 Å². The molecular formula is C20H19N3O5. The number of fused-ring (bicyclic) bond motifs is 1. The lowest BCUT2D eigenvalue weighted by Crippen LogP contribution is -2.35. The van der Waals surface area contributed by atoms with Crippen LogP contribution < -0.4 is 16.6 Å². The van der Waals surface area contributed by atoms with Gasteiger partial charge < -0.3 is 15.0 Å². The van der Waals surface area contributed by atoms with Crippen LogP contribution in [0.5, 0.6) is 0 Å². The Balaban J connectivity index is 1.67. The molecule has 0 atom stereocenters. The number of benzene rings is 2. The van der Waals surface area contributed by atoms with Crippen molar-refractivity contribution in [1.82, 2.24) is 9.55 Å². The number of H-pyrrole nitrogens is 1. The summed E-state index contributed by atoms with van der Waals surface area (Å²) in [6.45, 7) is 0.102. The Morgan fingerprint density at radius 2 is 1.79 bits per heavy atom. The number of rotatable bonds is 6. The maximum absolute atomic E-state index is 12.5. The maximum Gasteiger partial charge on any atom is 0.339 e. The number of methoxy groups -OCH3 is 1. The van der Waals surface area contributed by atoms with Crippen LogP contribution in [0, 0.1) is 0 Å². The van der Waals surface area contributed by atoms with Gasteiger partial charge in [0.25, 0.3) is 5.56 Å². The summed E-state index contributed by atoms with van der Waals surface area (Å²) in [5.41, 5.74) is 0.169. The van der Waals surface area contributed by atoms with Gasteiger partial charge in [0.15, 0.2) is 0 Å². The monoisotopic (exact) mass is 381 g/mol. The molecule has 1 heterocycles. The van der Waals surface area contributed by atoms with Crippen molar-refractivity contribution in [3.05, 3.63) is 74.9 Å². The average Bonchev–Trinajstić information content (AvgIpc) is 2.70. The number of aromatic amines is 1. The van der Waals surface area contributed by atoms with Gasteiger partial charge in [0.1, 0.15) is 0 Å². The van der Waals surface area contributed by atoms with Crippen LogP contribution >= 0.6 is 0 Å². The molecule has 0 aliphatic rings. The fourth-order valence-electron chi connectivity index (χ4n) is 2.89. The highest BCUT2D eigenvalue weighted by atomic mass is 16.5. The molecule has 2 aromatic carbocycles. The van der Waals surface area contributed by atoms with E-state index in [-0.39, 0.29) is 30.9 Å². The van der Waals surface area contributed by atoms with E-state index in [2.05, 4.69) is 10.3 Å². The number of nitrogens with zero attached hydrogens (tertiary/aromatic N) is 1. The molecule has 3 aromatic rings. The summed E-state index contributed by atoms with van der Waals surface area (Å²) in [5, 5.41) is 3.07. The number of amides is 1. The number of hydrogen-bond acceptors (Lipinski definition) is 5. The molecule has 0 saturated heterocycles. The zero-order valence-corrected chi connectivity index (χ0v) is 15.2. The van der Waals surface area contributed by atoms with Gasteiger partial charge in [-0.1, -0.05) is 24.3 Å². The van der Waals surface area contributed by atoms with E-state index in [9.17, 15) is 19.2 Å². The minimum absolute atomic E-state index is 0.0776. The summed E-state index contributed by atoms with van der Waals surface area (Å²) in [6.07, 6.45) is 0.363. The van der Waals surface area contributed by atoms with Crippen molar-refractivity contribution < 1.29 is 14.3 Å². The Morgan fingerprint density at radius 3 is 2.57 bits per heavy atom. The minimum atomic E-state index is -0.551. The largest absolute Gasteiger partial charge is 0.465 e. The minimum Gasteiger partial charge on any atom is -0.465 e. The molecule has 1 amide bonds. The lowest BCUT2D eigenvalue weighted by Gasteiger charge is -2.10. The van der Waals surface area contributed by atoms with Gasteiger partial charge >= 0.3 is 11.7 Å². The molecule has 0 unspecified atom stereocenters. The van der Waals surface area contributed by atoms with Crippen molar-refractivity contribution >= 4 is 28.5 Å². The van der Waals surface area contributed by atoms with E-state index in [1.165, 1.54) is 7.11 Å². The quantitative estimate of drug-likeness (QED) is 0.634. The Hall–Kier alpha value is -3.68. The number of carbonyl (C=O) groups excluding carboxylic acids is 2. The van der Waals surface area contributed by atoms with Crippen LogP contribution in [0.1, 0.15) is 23.2 Å². The Bertz CT molecular complexity index is 1150. The van der Waals surface area contributed by atoms with E-state index >= 15 is 0 Å². The van der Waals surface area contributed by atoms with Gasteiger partial charge in [-0.15, -0.1) is 0 Å². The molecule has 8 nitrogen and oxygen atoms in total.